The number of morpholine rings is 1. The van der Waals surface area contributed by atoms with Crippen LogP contribution in [0.1, 0.15) is 42.6 Å². The second kappa shape index (κ2) is 10.3. The van der Waals surface area contributed by atoms with Crippen molar-refractivity contribution >= 4 is 23.4 Å². The Bertz CT molecular complexity index is 1270. The molecule has 2 amide bonds. The quantitative estimate of drug-likeness (QED) is 0.531. The highest BCUT2D eigenvalue weighted by molar-refractivity contribution is 5.89. The van der Waals surface area contributed by atoms with Crippen LogP contribution in [-0.2, 0) is 17.7 Å². The lowest BCUT2D eigenvalue weighted by Gasteiger charge is -2.34. The van der Waals surface area contributed by atoms with Gasteiger partial charge in [-0.15, -0.1) is 0 Å². The number of hydrogen-bond donors (Lipinski definition) is 2. The number of aromatic nitrogens is 4. The Kier molecular flexibility index (Phi) is 6.57. The minimum atomic E-state index is -0.218. The van der Waals surface area contributed by atoms with E-state index in [1.54, 1.807) is 6.33 Å². The molecule has 1 saturated carbocycles. The van der Waals surface area contributed by atoms with Gasteiger partial charge in [0.05, 0.1) is 25.5 Å². The minimum absolute atomic E-state index is 0.218. The van der Waals surface area contributed by atoms with Gasteiger partial charge in [-0.3, -0.25) is 0 Å². The number of anilines is 3. The second-order valence-corrected chi connectivity index (χ2v) is 9.70. The molecule has 2 aromatic heterocycles. The average molecular weight is 501 g/mol. The zero-order chi connectivity index (χ0) is 25.2. The lowest BCUT2D eigenvalue weighted by molar-refractivity contribution is 0.122. The molecule has 192 valence electrons. The Morgan fingerprint density at radius 3 is 2.62 bits per heavy atom. The van der Waals surface area contributed by atoms with Crippen LogP contribution in [0.25, 0.3) is 11.4 Å². The Labute approximate surface area is 216 Å². The van der Waals surface area contributed by atoms with Gasteiger partial charge in [0.1, 0.15) is 18.0 Å². The Morgan fingerprint density at radius 2 is 1.86 bits per heavy atom. The minimum Gasteiger partial charge on any atom is -0.378 e. The smallest absolute Gasteiger partial charge is 0.319 e. The molecule has 10 nitrogen and oxygen atoms in total. The maximum absolute atomic E-state index is 11.9. The predicted molar refractivity (Wildman–Crippen MR) is 142 cm³/mol. The third-order valence-corrected chi connectivity index (χ3v) is 7.09. The fourth-order valence-corrected chi connectivity index (χ4v) is 4.95. The second-order valence-electron chi connectivity index (χ2n) is 9.70. The van der Waals surface area contributed by atoms with E-state index in [0.717, 1.165) is 60.3 Å². The van der Waals surface area contributed by atoms with E-state index in [2.05, 4.69) is 36.5 Å². The summed E-state index contributed by atoms with van der Waals surface area (Å²) in [6.07, 6.45) is 4.99. The van der Waals surface area contributed by atoms with Crippen LogP contribution in [0.4, 0.5) is 22.1 Å². The molecule has 0 atom stereocenters. The Hall–Kier alpha value is -3.79. The summed E-state index contributed by atoms with van der Waals surface area (Å²) in [5.41, 5.74) is 5.03. The molecular formula is C27H32N8O2. The van der Waals surface area contributed by atoms with Gasteiger partial charge in [0, 0.05) is 60.7 Å². The number of ether oxygens (including phenoxy) is 1. The molecule has 1 saturated heterocycles. The highest BCUT2D eigenvalue weighted by Gasteiger charge is 2.29. The fourth-order valence-electron chi connectivity index (χ4n) is 4.95. The first kappa shape index (κ1) is 23.6. The van der Waals surface area contributed by atoms with E-state index >= 15 is 0 Å². The summed E-state index contributed by atoms with van der Waals surface area (Å²) in [7, 11) is 0. The molecule has 37 heavy (non-hydrogen) atoms. The molecule has 2 fully saturated rings. The SMILES string of the molecule is CCNC(=O)Nc1ccc(-c2nc3c(c(N4CCOCC4)n2)CCN(c2cc(C4CC4)ncn2)C3)cc1. The summed E-state index contributed by atoms with van der Waals surface area (Å²) in [6.45, 7) is 7.05. The van der Waals surface area contributed by atoms with Crippen molar-refractivity contribution < 1.29 is 9.53 Å². The summed E-state index contributed by atoms with van der Waals surface area (Å²) >= 11 is 0. The molecular weight excluding hydrogens is 468 g/mol. The Balaban J connectivity index is 1.31. The molecule has 1 aliphatic carbocycles. The summed E-state index contributed by atoms with van der Waals surface area (Å²) in [5, 5.41) is 5.59. The van der Waals surface area contributed by atoms with Gasteiger partial charge in [-0.25, -0.2) is 24.7 Å². The van der Waals surface area contributed by atoms with Gasteiger partial charge in [-0.1, -0.05) is 0 Å². The van der Waals surface area contributed by atoms with Crippen LogP contribution in [0.15, 0.2) is 36.7 Å². The number of carbonyl (C=O) groups is 1. The highest BCUT2D eigenvalue weighted by Crippen LogP contribution is 2.40. The number of rotatable bonds is 6. The summed E-state index contributed by atoms with van der Waals surface area (Å²) in [5.74, 6) is 3.25. The predicted octanol–water partition coefficient (Wildman–Crippen LogP) is 3.35. The monoisotopic (exact) mass is 500 g/mol. The number of nitrogens with one attached hydrogen (secondary N) is 2. The molecule has 0 radical (unpaired) electrons. The number of urea groups is 1. The average Bonchev–Trinajstić information content (AvgIpc) is 3.79. The summed E-state index contributed by atoms with van der Waals surface area (Å²) in [6, 6.07) is 9.61. The highest BCUT2D eigenvalue weighted by atomic mass is 16.5. The molecule has 3 aromatic rings. The number of amides is 2. The van der Waals surface area contributed by atoms with Crippen molar-refractivity contribution in [1.82, 2.24) is 25.3 Å². The van der Waals surface area contributed by atoms with E-state index in [9.17, 15) is 4.79 Å². The standard InChI is InChI=1S/C27H32N8O2/c1-2-28-27(36)31-20-7-5-19(6-8-20)25-32-23-16-35(24-15-22(18-3-4-18)29-17-30-24)10-9-21(23)26(33-25)34-11-13-37-14-12-34/h5-8,15,17-18H,2-4,9-14,16H2,1H3,(H2,28,31,36). The first-order valence-corrected chi connectivity index (χ1v) is 13.1. The van der Waals surface area contributed by atoms with Crippen molar-refractivity contribution in [1.29, 1.82) is 0 Å². The lowest BCUT2D eigenvalue weighted by atomic mass is 10.0. The zero-order valence-corrected chi connectivity index (χ0v) is 21.1. The van der Waals surface area contributed by atoms with Crippen molar-refractivity contribution in [2.45, 2.75) is 38.6 Å². The van der Waals surface area contributed by atoms with E-state index in [1.807, 2.05) is 31.2 Å². The maximum Gasteiger partial charge on any atom is 0.319 e. The molecule has 0 bridgehead atoms. The topological polar surface area (TPSA) is 108 Å². The molecule has 1 aromatic carbocycles. The number of benzene rings is 1. The Morgan fingerprint density at radius 1 is 1.05 bits per heavy atom. The maximum atomic E-state index is 11.9. The molecule has 4 heterocycles. The van der Waals surface area contributed by atoms with E-state index in [0.29, 0.717) is 38.0 Å². The first-order valence-electron chi connectivity index (χ1n) is 13.1. The van der Waals surface area contributed by atoms with Gasteiger partial charge < -0.3 is 25.2 Å². The van der Waals surface area contributed by atoms with Crippen LogP contribution in [0.3, 0.4) is 0 Å². The van der Waals surface area contributed by atoms with E-state index in [1.165, 1.54) is 18.4 Å². The van der Waals surface area contributed by atoms with Gasteiger partial charge in [-0.05, 0) is 50.5 Å². The largest absolute Gasteiger partial charge is 0.378 e. The van der Waals surface area contributed by atoms with Crippen LogP contribution in [0.2, 0.25) is 0 Å². The van der Waals surface area contributed by atoms with Crippen molar-refractivity contribution in [2.24, 2.45) is 0 Å². The molecule has 2 aliphatic heterocycles. The first-order chi connectivity index (χ1) is 18.2. The summed E-state index contributed by atoms with van der Waals surface area (Å²) < 4.78 is 5.61. The van der Waals surface area contributed by atoms with Gasteiger partial charge in [0.15, 0.2) is 5.82 Å². The summed E-state index contributed by atoms with van der Waals surface area (Å²) in [4.78, 5) is 35.7. The molecule has 2 N–H and O–H groups in total. The molecule has 0 unspecified atom stereocenters. The number of nitrogens with zero attached hydrogens (tertiary/aromatic N) is 6. The van der Waals surface area contributed by atoms with Gasteiger partial charge in [-0.2, -0.15) is 0 Å². The molecule has 0 spiro atoms. The van der Waals surface area contributed by atoms with Crippen molar-refractivity contribution in [3.63, 3.8) is 0 Å². The van der Waals surface area contributed by atoms with Crippen molar-refractivity contribution in [3.05, 3.63) is 53.6 Å². The third-order valence-electron chi connectivity index (χ3n) is 7.09. The van der Waals surface area contributed by atoms with E-state index in [-0.39, 0.29) is 6.03 Å². The van der Waals surface area contributed by atoms with Crippen LogP contribution in [-0.4, -0.2) is 65.4 Å². The van der Waals surface area contributed by atoms with Crippen molar-refractivity contribution in [3.8, 4) is 11.4 Å². The van der Waals surface area contributed by atoms with E-state index < -0.39 is 0 Å². The zero-order valence-electron chi connectivity index (χ0n) is 21.1. The van der Waals surface area contributed by atoms with Crippen LogP contribution < -0.4 is 20.4 Å². The van der Waals surface area contributed by atoms with Gasteiger partial charge >= 0.3 is 6.03 Å². The lowest BCUT2D eigenvalue weighted by Crippen LogP contribution is -2.39. The normalized spacial score (nSPS) is 17.3. The molecule has 3 aliphatic rings. The number of carbonyl (C=O) groups excluding carboxylic acids is 1. The van der Waals surface area contributed by atoms with Gasteiger partial charge in [0.25, 0.3) is 0 Å². The fraction of sp³-hybridized carbons (Fsp3) is 0.444. The number of hydrogen-bond acceptors (Lipinski definition) is 8. The van der Waals surface area contributed by atoms with Crippen LogP contribution in [0.5, 0.6) is 0 Å². The third kappa shape index (κ3) is 5.20. The van der Waals surface area contributed by atoms with Crippen molar-refractivity contribution in [2.75, 3.05) is 54.5 Å². The number of fused-ring (bicyclic) bond motifs is 1. The van der Waals surface area contributed by atoms with Crippen LogP contribution >= 0.6 is 0 Å². The molecule has 10 heteroatoms. The van der Waals surface area contributed by atoms with Gasteiger partial charge in [0.2, 0.25) is 0 Å². The van der Waals surface area contributed by atoms with Crippen LogP contribution in [0, 0.1) is 0 Å². The van der Waals surface area contributed by atoms with E-state index in [4.69, 9.17) is 14.7 Å². The molecule has 6 rings (SSSR count).